The van der Waals surface area contributed by atoms with Gasteiger partial charge in [-0.3, -0.25) is 19.9 Å². The van der Waals surface area contributed by atoms with Gasteiger partial charge in [-0.1, -0.05) is 30.0 Å². The first-order chi connectivity index (χ1) is 13.1. The van der Waals surface area contributed by atoms with E-state index >= 15 is 0 Å². The van der Waals surface area contributed by atoms with Crippen LogP contribution in [0.4, 0.5) is 5.69 Å². The molecular formula is C19H14N4O3S. The number of hydrogen-bond acceptors (Lipinski definition) is 6. The Morgan fingerprint density at radius 3 is 2.56 bits per heavy atom. The fraction of sp³-hybridized carbons (Fsp3) is 0. The standard InChI is InChI=1S/C19H14N4O3S/c24-19(14-8-10-20-11-9-14)22-21-13-15-12-16(23(25)26)6-7-18(15)27-17-4-2-1-3-5-17/h1-13H,(H,22,24)/b21-13+. The number of pyridine rings is 1. The highest BCUT2D eigenvalue weighted by Gasteiger charge is 2.11. The van der Waals surface area contributed by atoms with Crippen LogP contribution < -0.4 is 5.43 Å². The predicted octanol–water partition coefficient (Wildman–Crippen LogP) is 3.90. The van der Waals surface area contributed by atoms with Crippen molar-refractivity contribution in [3.05, 3.63) is 94.3 Å². The number of benzene rings is 2. The Balaban J connectivity index is 1.82. The van der Waals surface area contributed by atoms with E-state index in [2.05, 4.69) is 15.5 Å². The van der Waals surface area contributed by atoms with Gasteiger partial charge in [0.05, 0.1) is 11.1 Å². The number of rotatable bonds is 6. The average Bonchev–Trinajstić information content (AvgIpc) is 2.70. The molecule has 1 aromatic heterocycles. The Hall–Kier alpha value is -3.52. The molecule has 0 unspecified atom stereocenters. The van der Waals surface area contributed by atoms with E-state index in [1.54, 1.807) is 18.2 Å². The van der Waals surface area contributed by atoms with E-state index in [1.165, 1.54) is 42.5 Å². The maximum absolute atomic E-state index is 12.0. The first kappa shape index (κ1) is 18.3. The van der Waals surface area contributed by atoms with Crippen molar-refractivity contribution in [2.75, 3.05) is 0 Å². The number of nitrogens with one attached hydrogen (secondary N) is 1. The highest BCUT2D eigenvalue weighted by Crippen LogP contribution is 2.31. The molecule has 7 nitrogen and oxygen atoms in total. The molecule has 0 aliphatic rings. The third-order valence-corrected chi connectivity index (χ3v) is 4.59. The molecule has 0 atom stereocenters. The fourth-order valence-electron chi connectivity index (χ4n) is 2.19. The Kier molecular flexibility index (Phi) is 5.91. The van der Waals surface area contributed by atoms with Gasteiger partial charge in [0.2, 0.25) is 0 Å². The van der Waals surface area contributed by atoms with Gasteiger partial charge in [-0.05, 0) is 30.3 Å². The van der Waals surface area contributed by atoms with E-state index in [0.29, 0.717) is 11.1 Å². The van der Waals surface area contributed by atoms with Gasteiger partial charge < -0.3 is 0 Å². The fourth-order valence-corrected chi connectivity index (χ4v) is 3.10. The van der Waals surface area contributed by atoms with Crippen molar-refractivity contribution in [1.29, 1.82) is 0 Å². The van der Waals surface area contributed by atoms with Crippen LogP contribution in [0.5, 0.6) is 0 Å². The van der Waals surface area contributed by atoms with E-state index in [4.69, 9.17) is 0 Å². The first-order valence-corrected chi connectivity index (χ1v) is 8.70. The lowest BCUT2D eigenvalue weighted by Crippen LogP contribution is -2.17. The van der Waals surface area contributed by atoms with Crippen LogP contribution in [0.15, 0.2) is 87.9 Å². The zero-order chi connectivity index (χ0) is 19.1. The minimum atomic E-state index is -0.468. The summed E-state index contributed by atoms with van der Waals surface area (Å²) in [6, 6.07) is 17.3. The van der Waals surface area contributed by atoms with E-state index < -0.39 is 10.8 Å². The lowest BCUT2D eigenvalue weighted by molar-refractivity contribution is -0.384. The molecule has 134 valence electrons. The van der Waals surface area contributed by atoms with Crippen molar-refractivity contribution in [3.8, 4) is 0 Å². The number of carbonyl (C=O) groups is 1. The van der Waals surface area contributed by atoms with Gasteiger partial charge in [-0.25, -0.2) is 5.43 Å². The normalized spacial score (nSPS) is 10.7. The van der Waals surface area contributed by atoms with Crippen molar-refractivity contribution >= 4 is 29.6 Å². The van der Waals surface area contributed by atoms with Crippen LogP contribution in [0.2, 0.25) is 0 Å². The highest BCUT2D eigenvalue weighted by atomic mass is 32.2. The molecule has 0 spiro atoms. The molecule has 8 heteroatoms. The van der Waals surface area contributed by atoms with Crippen molar-refractivity contribution in [2.45, 2.75) is 9.79 Å². The molecule has 2 aromatic carbocycles. The first-order valence-electron chi connectivity index (χ1n) is 7.88. The van der Waals surface area contributed by atoms with E-state index in [9.17, 15) is 14.9 Å². The molecule has 0 saturated carbocycles. The number of carbonyl (C=O) groups excluding carboxylic acids is 1. The molecule has 1 amide bonds. The SMILES string of the molecule is O=C(N/N=C/c1cc([N+](=O)[O-])ccc1Sc1ccccc1)c1ccncc1. The van der Waals surface area contributed by atoms with Crippen LogP contribution in [-0.4, -0.2) is 22.0 Å². The molecule has 0 radical (unpaired) electrons. The maximum atomic E-state index is 12.0. The minimum Gasteiger partial charge on any atom is -0.267 e. The number of hydrogen-bond donors (Lipinski definition) is 1. The zero-order valence-corrected chi connectivity index (χ0v) is 14.8. The van der Waals surface area contributed by atoms with Gasteiger partial charge >= 0.3 is 0 Å². The molecular weight excluding hydrogens is 364 g/mol. The summed E-state index contributed by atoms with van der Waals surface area (Å²) in [4.78, 5) is 28.2. The summed E-state index contributed by atoms with van der Waals surface area (Å²) in [5, 5.41) is 15.0. The molecule has 0 fully saturated rings. The highest BCUT2D eigenvalue weighted by molar-refractivity contribution is 7.99. The quantitative estimate of drug-likeness (QED) is 0.398. The summed E-state index contributed by atoms with van der Waals surface area (Å²) in [5.74, 6) is -0.392. The third-order valence-electron chi connectivity index (χ3n) is 3.49. The van der Waals surface area contributed by atoms with E-state index in [0.717, 1.165) is 9.79 Å². The number of amides is 1. The molecule has 0 bridgehead atoms. The number of non-ortho nitro benzene ring substituents is 1. The van der Waals surface area contributed by atoms with Crippen LogP contribution in [-0.2, 0) is 0 Å². The second-order valence-electron chi connectivity index (χ2n) is 5.33. The molecule has 27 heavy (non-hydrogen) atoms. The number of nitro benzene ring substituents is 1. The minimum absolute atomic E-state index is 0.0469. The van der Waals surface area contributed by atoms with Crippen LogP contribution in [0.3, 0.4) is 0 Å². The van der Waals surface area contributed by atoms with Gasteiger partial charge in [0, 0.05) is 45.4 Å². The topological polar surface area (TPSA) is 97.5 Å². The van der Waals surface area contributed by atoms with Gasteiger partial charge in [-0.2, -0.15) is 5.10 Å². The Labute approximate surface area is 159 Å². The summed E-state index contributed by atoms with van der Waals surface area (Å²) >= 11 is 1.46. The number of nitrogens with zero attached hydrogens (tertiary/aromatic N) is 3. The van der Waals surface area contributed by atoms with Crippen molar-refractivity contribution in [1.82, 2.24) is 10.4 Å². The predicted molar refractivity (Wildman–Crippen MR) is 103 cm³/mol. The zero-order valence-electron chi connectivity index (χ0n) is 14.0. The van der Waals surface area contributed by atoms with Gasteiger partial charge in [-0.15, -0.1) is 0 Å². The molecule has 0 aliphatic carbocycles. The second-order valence-corrected chi connectivity index (χ2v) is 6.44. The Bertz CT molecular complexity index is 979. The number of hydrazone groups is 1. The molecule has 0 saturated heterocycles. The molecule has 1 N–H and O–H groups in total. The van der Waals surface area contributed by atoms with Crippen molar-refractivity contribution in [3.63, 3.8) is 0 Å². The third kappa shape index (κ3) is 4.99. The molecule has 1 heterocycles. The van der Waals surface area contributed by atoms with E-state index in [1.807, 2.05) is 30.3 Å². The summed E-state index contributed by atoms with van der Waals surface area (Å²) in [6.07, 6.45) is 4.42. The number of nitro groups is 1. The van der Waals surface area contributed by atoms with Gasteiger partial charge in [0.15, 0.2) is 0 Å². The Morgan fingerprint density at radius 1 is 1.11 bits per heavy atom. The molecule has 0 aliphatic heterocycles. The summed E-state index contributed by atoms with van der Waals surface area (Å²) in [7, 11) is 0. The lowest BCUT2D eigenvalue weighted by atomic mass is 10.2. The average molecular weight is 378 g/mol. The summed E-state index contributed by atoms with van der Waals surface area (Å²) < 4.78 is 0. The number of aromatic nitrogens is 1. The van der Waals surface area contributed by atoms with Crippen LogP contribution in [0, 0.1) is 10.1 Å². The second kappa shape index (κ2) is 8.72. The van der Waals surface area contributed by atoms with Crippen LogP contribution >= 0.6 is 11.8 Å². The van der Waals surface area contributed by atoms with Crippen molar-refractivity contribution in [2.24, 2.45) is 5.10 Å². The van der Waals surface area contributed by atoms with Gasteiger partial charge in [0.1, 0.15) is 0 Å². The van der Waals surface area contributed by atoms with E-state index in [-0.39, 0.29) is 5.69 Å². The largest absolute Gasteiger partial charge is 0.271 e. The summed E-state index contributed by atoms with van der Waals surface area (Å²) in [5.41, 5.74) is 3.32. The lowest BCUT2D eigenvalue weighted by Gasteiger charge is -2.06. The molecule has 3 rings (SSSR count). The van der Waals surface area contributed by atoms with Crippen molar-refractivity contribution < 1.29 is 9.72 Å². The van der Waals surface area contributed by atoms with Crippen LogP contribution in [0.1, 0.15) is 15.9 Å². The monoisotopic (exact) mass is 378 g/mol. The van der Waals surface area contributed by atoms with Crippen LogP contribution in [0.25, 0.3) is 0 Å². The summed E-state index contributed by atoms with van der Waals surface area (Å²) in [6.45, 7) is 0. The Morgan fingerprint density at radius 2 is 1.85 bits per heavy atom. The van der Waals surface area contributed by atoms with Gasteiger partial charge in [0.25, 0.3) is 11.6 Å². The molecule has 3 aromatic rings. The maximum Gasteiger partial charge on any atom is 0.271 e. The smallest absolute Gasteiger partial charge is 0.267 e.